The number of carbonyl (C=O) groups excluding carboxylic acids is 2. The van der Waals surface area contributed by atoms with Crippen LogP contribution in [0.2, 0.25) is 0 Å². The van der Waals surface area contributed by atoms with Gasteiger partial charge in [-0.05, 0) is 40.9 Å². The first-order valence-corrected chi connectivity index (χ1v) is 7.28. The number of fused-ring (bicyclic) bond motifs is 1. The van der Waals surface area contributed by atoms with Crippen LogP contribution in [0.15, 0.2) is 16.6 Å². The topological polar surface area (TPSA) is 92.7 Å². The fourth-order valence-electron chi connectivity index (χ4n) is 2.01. The van der Waals surface area contributed by atoms with Gasteiger partial charge < -0.3 is 15.2 Å². The molecule has 0 fully saturated rings. The van der Waals surface area contributed by atoms with Gasteiger partial charge in [0, 0.05) is 22.9 Å². The van der Waals surface area contributed by atoms with Crippen molar-refractivity contribution < 1.29 is 24.2 Å². The molecule has 112 valence electrons. The van der Waals surface area contributed by atoms with Crippen molar-refractivity contribution in [2.24, 2.45) is 0 Å². The fraction of sp³-hybridized carbons (Fsp3) is 0.357. The Bertz CT molecular complexity index is 599. The summed E-state index contributed by atoms with van der Waals surface area (Å²) >= 11 is 3.31. The number of Topliss-reactive ketones (excluding diaryl/α,β-unsaturated/α-hetero) is 1. The summed E-state index contributed by atoms with van der Waals surface area (Å²) in [5, 5.41) is 11.2. The molecule has 1 aliphatic heterocycles. The van der Waals surface area contributed by atoms with E-state index >= 15 is 0 Å². The van der Waals surface area contributed by atoms with E-state index in [0.29, 0.717) is 34.3 Å². The van der Waals surface area contributed by atoms with E-state index in [4.69, 9.17) is 9.84 Å². The molecule has 0 bridgehead atoms. The monoisotopic (exact) mass is 355 g/mol. The molecule has 7 heteroatoms. The van der Waals surface area contributed by atoms with Gasteiger partial charge in [-0.25, -0.2) is 0 Å². The largest absolute Gasteiger partial charge is 0.482 e. The third-order valence-corrected chi connectivity index (χ3v) is 3.70. The van der Waals surface area contributed by atoms with Crippen LogP contribution in [0.3, 0.4) is 0 Å². The molecule has 0 aromatic heterocycles. The predicted octanol–water partition coefficient (Wildman–Crippen LogP) is 2.61. The lowest BCUT2D eigenvalue weighted by molar-refractivity contribution is -0.137. The van der Waals surface area contributed by atoms with Crippen LogP contribution in [0.4, 0.5) is 5.69 Å². The lowest BCUT2D eigenvalue weighted by Crippen LogP contribution is -2.25. The quantitative estimate of drug-likeness (QED) is 0.604. The summed E-state index contributed by atoms with van der Waals surface area (Å²) in [6, 6.07) is 3.23. The number of carboxylic acid groups (broad SMARTS) is 1. The van der Waals surface area contributed by atoms with E-state index in [9.17, 15) is 14.4 Å². The van der Waals surface area contributed by atoms with Crippen molar-refractivity contribution in [2.75, 3.05) is 11.9 Å². The van der Waals surface area contributed by atoms with Gasteiger partial charge >= 0.3 is 5.97 Å². The highest BCUT2D eigenvalue weighted by molar-refractivity contribution is 9.10. The van der Waals surface area contributed by atoms with Gasteiger partial charge in [-0.3, -0.25) is 14.4 Å². The van der Waals surface area contributed by atoms with Crippen LogP contribution >= 0.6 is 15.9 Å². The first-order valence-electron chi connectivity index (χ1n) is 6.48. The normalized spacial score (nSPS) is 13.1. The molecule has 0 radical (unpaired) electrons. The Balaban J connectivity index is 2.04. The van der Waals surface area contributed by atoms with E-state index in [0.717, 1.165) is 0 Å². The maximum absolute atomic E-state index is 12.1. The molecule has 1 aliphatic rings. The van der Waals surface area contributed by atoms with E-state index < -0.39 is 5.97 Å². The Labute approximate surface area is 129 Å². The van der Waals surface area contributed by atoms with Crippen molar-refractivity contribution in [1.82, 2.24) is 0 Å². The second-order valence-electron chi connectivity index (χ2n) is 4.69. The minimum Gasteiger partial charge on any atom is -0.482 e. The summed E-state index contributed by atoms with van der Waals surface area (Å²) in [7, 11) is 0. The van der Waals surface area contributed by atoms with Crippen LogP contribution < -0.4 is 10.1 Å². The molecule has 1 aromatic carbocycles. The van der Waals surface area contributed by atoms with Crippen LogP contribution in [0.25, 0.3) is 0 Å². The van der Waals surface area contributed by atoms with Gasteiger partial charge in [-0.1, -0.05) is 0 Å². The molecule has 6 nitrogen and oxygen atoms in total. The number of anilines is 1. The van der Waals surface area contributed by atoms with Gasteiger partial charge in [0.2, 0.25) is 0 Å². The third kappa shape index (κ3) is 4.04. The number of amides is 1. The molecule has 0 saturated carbocycles. The average molecular weight is 356 g/mol. The molecule has 21 heavy (non-hydrogen) atoms. The highest BCUT2D eigenvalue weighted by Gasteiger charge is 2.20. The van der Waals surface area contributed by atoms with E-state index in [-0.39, 0.29) is 31.1 Å². The standard InChI is InChI=1S/C14H14BrNO5/c15-9-6-10-12(21-7-13(18)16-10)5-8(9)11(17)3-1-2-4-14(19)20/h5-6H,1-4,7H2,(H,16,18)(H,19,20). The van der Waals surface area contributed by atoms with E-state index in [2.05, 4.69) is 21.2 Å². The van der Waals surface area contributed by atoms with Gasteiger partial charge in [0.25, 0.3) is 5.91 Å². The van der Waals surface area contributed by atoms with Crippen molar-refractivity contribution in [3.63, 3.8) is 0 Å². The van der Waals surface area contributed by atoms with Crippen molar-refractivity contribution in [3.05, 3.63) is 22.2 Å². The van der Waals surface area contributed by atoms with Crippen LogP contribution in [-0.2, 0) is 9.59 Å². The number of carbonyl (C=O) groups is 3. The first kappa shape index (κ1) is 15.5. The molecule has 1 amide bonds. The highest BCUT2D eigenvalue weighted by atomic mass is 79.9. The van der Waals surface area contributed by atoms with Gasteiger partial charge in [0.1, 0.15) is 5.75 Å². The van der Waals surface area contributed by atoms with E-state index in [1.54, 1.807) is 12.1 Å². The van der Waals surface area contributed by atoms with Gasteiger partial charge in [0.05, 0.1) is 5.69 Å². The fourth-order valence-corrected chi connectivity index (χ4v) is 2.57. The lowest BCUT2D eigenvalue weighted by Gasteiger charge is -2.19. The Morgan fingerprint density at radius 2 is 2.00 bits per heavy atom. The molecule has 0 atom stereocenters. The number of nitrogens with one attached hydrogen (secondary N) is 1. The molecule has 0 unspecified atom stereocenters. The maximum Gasteiger partial charge on any atom is 0.303 e. The number of hydrogen-bond donors (Lipinski definition) is 2. The van der Waals surface area contributed by atoms with Gasteiger partial charge in [-0.2, -0.15) is 0 Å². The zero-order chi connectivity index (χ0) is 15.4. The van der Waals surface area contributed by atoms with Crippen molar-refractivity contribution in [3.8, 4) is 5.75 Å². The second kappa shape index (κ2) is 6.71. The van der Waals surface area contributed by atoms with Crippen LogP contribution in [0, 0.1) is 0 Å². The van der Waals surface area contributed by atoms with Crippen LogP contribution in [0.1, 0.15) is 36.0 Å². The third-order valence-electron chi connectivity index (χ3n) is 3.05. The minimum absolute atomic E-state index is 0.0633. The van der Waals surface area contributed by atoms with E-state index in [1.165, 1.54) is 0 Å². The van der Waals surface area contributed by atoms with E-state index in [1.807, 2.05) is 0 Å². The molecule has 2 N–H and O–H groups in total. The number of ketones is 1. The predicted molar refractivity (Wildman–Crippen MR) is 78.7 cm³/mol. The summed E-state index contributed by atoms with van der Waals surface area (Å²) in [6.07, 6.45) is 1.33. The summed E-state index contributed by atoms with van der Waals surface area (Å²) in [6.45, 7) is -0.0686. The first-order chi connectivity index (χ1) is 9.97. The molecular formula is C14H14BrNO5. The maximum atomic E-state index is 12.1. The van der Waals surface area contributed by atoms with Crippen molar-refractivity contribution >= 4 is 39.3 Å². The summed E-state index contributed by atoms with van der Waals surface area (Å²) in [4.78, 5) is 33.8. The average Bonchev–Trinajstić information content (AvgIpc) is 2.42. The number of benzene rings is 1. The highest BCUT2D eigenvalue weighted by Crippen LogP contribution is 2.34. The SMILES string of the molecule is O=C(O)CCCCC(=O)c1cc2c(cc1Br)NC(=O)CO2. The smallest absolute Gasteiger partial charge is 0.303 e. The Morgan fingerprint density at radius 1 is 1.29 bits per heavy atom. The van der Waals surface area contributed by atoms with Gasteiger partial charge in [0.15, 0.2) is 12.4 Å². The number of hydrogen-bond acceptors (Lipinski definition) is 4. The van der Waals surface area contributed by atoms with Crippen molar-refractivity contribution in [1.29, 1.82) is 0 Å². The summed E-state index contributed by atoms with van der Waals surface area (Å²) in [5.41, 5.74) is 1.00. The Hall–Kier alpha value is -1.89. The number of rotatable bonds is 6. The molecule has 0 spiro atoms. The zero-order valence-corrected chi connectivity index (χ0v) is 12.7. The zero-order valence-electron chi connectivity index (χ0n) is 11.1. The number of ether oxygens (including phenoxy) is 1. The summed E-state index contributed by atoms with van der Waals surface area (Å²) < 4.78 is 5.85. The van der Waals surface area contributed by atoms with Crippen molar-refractivity contribution in [2.45, 2.75) is 25.7 Å². The molecule has 0 aliphatic carbocycles. The number of aliphatic carboxylic acids is 1. The number of carboxylic acids is 1. The number of halogens is 1. The molecule has 1 heterocycles. The second-order valence-corrected chi connectivity index (χ2v) is 5.54. The minimum atomic E-state index is -0.860. The summed E-state index contributed by atoms with van der Waals surface area (Å²) in [5.74, 6) is -0.717. The molecule has 0 saturated heterocycles. The van der Waals surface area contributed by atoms with Gasteiger partial charge in [-0.15, -0.1) is 0 Å². The molecular weight excluding hydrogens is 342 g/mol. The lowest BCUT2D eigenvalue weighted by atomic mass is 10.0. The number of unbranched alkanes of at least 4 members (excludes halogenated alkanes) is 1. The molecule has 2 rings (SSSR count). The van der Waals surface area contributed by atoms with Crippen LogP contribution in [-0.4, -0.2) is 29.4 Å². The Kier molecular flexibility index (Phi) is 4.95. The Morgan fingerprint density at radius 3 is 2.71 bits per heavy atom. The molecule has 1 aromatic rings. The van der Waals surface area contributed by atoms with Crippen LogP contribution in [0.5, 0.6) is 5.75 Å².